The van der Waals surface area contributed by atoms with Gasteiger partial charge in [-0.2, -0.15) is 0 Å². The molecule has 94 valence electrons. The lowest BCUT2D eigenvalue weighted by Gasteiger charge is -2.30. The number of carbonyl (C=O) groups is 1. The molecule has 0 bridgehead atoms. The van der Waals surface area contributed by atoms with Crippen LogP contribution in [0.2, 0.25) is 0 Å². The van der Waals surface area contributed by atoms with Gasteiger partial charge in [-0.05, 0) is 43.7 Å². The Morgan fingerprint density at radius 3 is 2.72 bits per heavy atom. The van der Waals surface area contributed by atoms with Gasteiger partial charge in [0, 0.05) is 12.1 Å². The van der Waals surface area contributed by atoms with Crippen LogP contribution in [0, 0.1) is 5.82 Å². The average molecular weight is 247 g/mol. The third-order valence-corrected chi connectivity index (χ3v) is 3.37. The highest BCUT2D eigenvalue weighted by molar-refractivity contribution is 6.46. The Labute approximate surface area is 104 Å². The van der Waals surface area contributed by atoms with E-state index < -0.39 is 5.66 Å². The van der Waals surface area contributed by atoms with Crippen LogP contribution in [0.5, 0.6) is 0 Å². The normalized spacial score (nSPS) is 27.2. The second-order valence-corrected chi connectivity index (χ2v) is 4.73. The van der Waals surface area contributed by atoms with Gasteiger partial charge >= 0.3 is 0 Å². The summed E-state index contributed by atoms with van der Waals surface area (Å²) in [4.78, 5) is 16.5. The summed E-state index contributed by atoms with van der Waals surface area (Å²) in [7, 11) is 0. The molecular weight excluding hydrogens is 233 g/mol. The molecule has 4 nitrogen and oxygen atoms in total. The van der Waals surface area contributed by atoms with Crippen molar-refractivity contribution in [3.05, 3.63) is 35.6 Å². The zero-order valence-corrected chi connectivity index (χ0v) is 9.87. The van der Waals surface area contributed by atoms with Crippen molar-refractivity contribution in [2.24, 2.45) is 4.99 Å². The SMILES string of the molecule is O=C1NC2(CCCNC2)N=C1c1ccc(F)cc1. The van der Waals surface area contributed by atoms with Gasteiger partial charge < -0.3 is 10.6 Å². The van der Waals surface area contributed by atoms with Crippen molar-refractivity contribution in [2.75, 3.05) is 13.1 Å². The van der Waals surface area contributed by atoms with Gasteiger partial charge in [0.2, 0.25) is 0 Å². The summed E-state index contributed by atoms with van der Waals surface area (Å²) in [5.74, 6) is -0.489. The third-order valence-electron chi connectivity index (χ3n) is 3.37. The van der Waals surface area contributed by atoms with E-state index in [2.05, 4.69) is 15.6 Å². The first kappa shape index (κ1) is 11.3. The van der Waals surface area contributed by atoms with Gasteiger partial charge in [-0.3, -0.25) is 4.79 Å². The summed E-state index contributed by atoms with van der Waals surface area (Å²) >= 11 is 0. The van der Waals surface area contributed by atoms with Crippen molar-refractivity contribution in [1.82, 2.24) is 10.6 Å². The molecule has 1 aromatic rings. The van der Waals surface area contributed by atoms with Crippen LogP contribution in [0.4, 0.5) is 4.39 Å². The highest BCUT2D eigenvalue weighted by Gasteiger charge is 2.40. The molecule has 3 rings (SSSR count). The number of nitrogens with zero attached hydrogens (tertiary/aromatic N) is 1. The smallest absolute Gasteiger partial charge is 0.272 e. The van der Waals surface area contributed by atoms with Crippen LogP contribution >= 0.6 is 0 Å². The maximum atomic E-state index is 12.9. The molecule has 2 aliphatic rings. The molecule has 1 aromatic carbocycles. The fraction of sp³-hybridized carbons (Fsp3) is 0.385. The summed E-state index contributed by atoms with van der Waals surface area (Å²) in [6.07, 6.45) is 1.83. The van der Waals surface area contributed by atoms with Crippen LogP contribution in [0.1, 0.15) is 18.4 Å². The summed E-state index contributed by atoms with van der Waals surface area (Å²) in [5.41, 5.74) is 0.564. The van der Waals surface area contributed by atoms with E-state index in [1.165, 1.54) is 12.1 Å². The minimum Gasteiger partial charge on any atom is -0.325 e. The fourth-order valence-corrected chi connectivity index (χ4v) is 2.46. The Balaban J connectivity index is 1.93. The molecule has 2 N–H and O–H groups in total. The first-order valence-electron chi connectivity index (χ1n) is 6.08. The Morgan fingerprint density at radius 1 is 1.28 bits per heavy atom. The van der Waals surface area contributed by atoms with Gasteiger partial charge in [0.15, 0.2) is 0 Å². The molecule has 1 amide bonds. The highest BCUT2D eigenvalue weighted by Crippen LogP contribution is 2.24. The van der Waals surface area contributed by atoms with Gasteiger partial charge in [-0.1, -0.05) is 0 Å². The minimum absolute atomic E-state index is 0.176. The quantitative estimate of drug-likeness (QED) is 0.772. The number of aliphatic imine (C=N–C) groups is 1. The van der Waals surface area contributed by atoms with Gasteiger partial charge in [0.05, 0.1) is 0 Å². The average Bonchev–Trinajstić information content (AvgIpc) is 2.68. The van der Waals surface area contributed by atoms with E-state index >= 15 is 0 Å². The van der Waals surface area contributed by atoms with Gasteiger partial charge in [-0.15, -0.1) is 0 Å². The van der Waals surface area contributed by atoms with Crippen molar-refractivity contribution in [2.45, 2.75) is 18.5 Å². The van der Waals surface area contributed by atoms with E-state index in [1.807, 2.05) is 0 Å². The van der Waals surface area contributed by atoms with Crippen LogP contribution in [0.15, 0.2) is 29.3 Å². The number of benzene rings is 1. The van der Waals surface area contributed by atoms with E-state index in [9.17, 15) is 9.18 Å². The van der Waals surface area contributed by atoms with Crippen LogP contribution < -0.4 is 10.6 Å². The zero-order valence-electron chi connectivity index (χ0n) is 9.87. The molecule has 0 radical (unpaired) electrons. The Hall–Kier alpha value is -1.75. The topological polar surface area (TPSA) is 53.5 Å². The Morgan fingerprint density at radius 2 is 2.06 bits per heavy atom. The standard InChI is InChI=1S/C13H14FN3O/c14-10-4-2-9(3-5-10)11-12(18)17-13(16-11)6-1-7-15-8-13/h2-5,15H,1,6-8H2,(H,17,18). The number of halogens is 1. The molecule has 1 saturated heterocycles. The van der Waals surface area contributed by atoms with E-state index in [4.69, 9.17) is 0 Å². The zero-order chi connectivity index (χ0) is 12.6. The number of rotatable bonds is 1. The monoisotopic (exact) mass is 247 g/mol. The second kappa shape index (κ2) is 4.17. The molecule has 5 heteroatoms. The first-order valence-corrected chi connectivity index (χ1v) is 6.08. The van der Waals surface area contributed by atoms with Crippen LogP contribution in [-0.2, 0) is 4.79 Å². The van der Waals surface area contributed by atoms with E-state index in [1.54, 1.807) is 12.1 Å². The lowest BCUT2D eigenvalue weighted by molar-refractivity contribution is -0.115. The first-order chi connectivity index (χ1) is 8.69. The maximum Gasteiger partial charge on any atom is 0.272 e. The molecule has 1 spiro atoms. The predicted octanol–water partition coefficient (Wildman–Crippen LogP) is 0.824. The fourth-order valence-electron chi connectivity index (χ4n) is 2.46. The summed E-state index contributed by atoms with van der Waals surface area (Å²) in [6, 6.07) is 5.86. The predicted molar refractivity (Wildman–Crippen MR) is 65.9 cm³/mol. The molecule has 0 aliphatic carbocycles. The minimum atomic E-state index is -0.501. The molecule has 1 fully saturated rings. The number of piperidine rings is 1. The van der Waals surface area contributed by atoms with Gasteiger partial charge in [-0.25, -0.2) is 9.38 Å². The van der Waals surface area contributed by atoms with Gasteiger partial charge in [0.1, 0.15) is 17.2 Å². The maximum absolute atomic E-state index is 12.9. The summed E-state index contributed by atoms with van der Waals surface area (Å²) < 4.78 is 12.9. The number of amides is 1. The van der Waals surface area contributed by atoms with Crippen molar-refractivity contribution in [1.29, 1.82) is 0 Å². The number of nitrogens with one attached hydrogen (secondary N) is 2. The molecule has 0 aromatic heterocycles. The van der Waals surface area contributed by atoms with Crippen molar-refractivity contribution >= 4 is 11.6 Å². The van der Waals surface area contributed by atoms with Crippen molar-refractivity contribution < 1.29 is 9.18 Å². The molecule has 18 heavy (non-hydrogen) atoms. The Bertz CT molecular complexity index is 503. The molecule has 1 atom stereocenters. The Kier molecular flexibility index (Phi) is 2.63. The second-order valence-electron chi connectivity index (χ2n) is 4.73. The molecule has 2 aliphatic heterocycles. The van der Waals surface area contributed by atoms with E-state index in [0.29, 0.717) is 17.8 Å². The van der Waals surface area contributed by atoms with E-state index in [-0.39, 0.29) is 11.7 Å². The highest BCUT2D eigenvalue weighted by atomic mass is 19.1. The summed E-state index contributed by atoms with van der Waals surface area (Å²) in [5, 5.41) is 6.17. The van der Waals surface area contributed by atoms with Gasteiger partial charge in [0.25, 0.3) is 5.91 Å². The lowest BCUT2D eigenvalue weighted by atomic mass is 10.0. The largest absolute Gasteiger partial charge is 0.325 e. The number of carbonyl (C=O) groups excluding carboxylic acids is 1. The number of hydrogen-bond donors (Lipinski definition) is 2. The van der Waals surface area contributed by atoms with Crippen LogP contribution in [0.25, 0.3) is 0 Å². The van der Waals surface area contributed by atoms with Crippen molar-refractivity contribution in [3.63, 3.8) is 0 Å². The summed E-state index contributed by atoms with van der Waals surface area (Å²) in [6.45, 7) is 1.61. The molecule has 2 heterocycles. The number of hydrogen-bond acceptors (Lipinski definition) is 3. The van der Waals surface area contributed by atoms with Crippen LogP contribution in [-0.4, -0.2) is 30.4 Å². The molecule has 1 unspecified atom stereocenters. The van der Waals surface area contributed by atoms with E-state index in [0.717, 1.165) is 19.4 Å². The van der Waals surface area contributed by atoms with Crippen molar-refractivity contribution in [3.8, 4) is 0 Å². The molecular formula is C13H14FN3O. The third kappa shape index (κ3) is 1.90. The van der Waals surface area contributed by atoms with Crippen LogP contribution in [0.3, 0.4) is 0 Å². The lowest BCUT2D eigenvalue weighted by Crippen LogP contribution is -2.53. The molecule has 0 saturated carbocycles.